The molecule has 0 radical (unpaired) electrons. The number of carbonyl (C=O) groups is 1. The Hall–Kier alpha value is -2.48. The second kappa shape index (κ2) is 6.33. The van der Waals surface area contributed by atoms with Crippen molar-refractivity contribution in [1.29, 1.82) is 0 Å². The van der Waals surface area contributed by atoms with Gasteiger partial charge in [-0.15, -0.1) is 0 Å². The summed E-state index contributed by atoms with van der Waals surface area (Å²) in [6.07, 6.45) is 1.74. The molecule has 1 atom stereocenters. The summed E-state index contributed by atoms with van der Waals surface area (Å²) in [5, 5.41) is 5.78. The van der Waals surface area contributed by atoms with Crippen LogP contribution >= 0.6 is 0 Å². The summed E-state index contributed by atoms with van der Waals surface area (Å²) in [4.78, 5) is 20.2. The monoisotopic (exact) mass is 332 g/mol. The zero-order valence-electron chi connectivity index (χ0n) is 12.3. The first-order valence-corrected chi connectivity index (χ1v) is 8.99. The van der Waals surface area contributed by atoms with Gasteiger partial charge in [-0.25, -0.2) is 18.4 Å². The molecule has 2 aromatic rings. The Kier molecular flexibility index (Phi) is 4.24. The van der Waals surface area contributed by atoms with E-state index in [-0.39, 0.29) is 23.2 Å². The van der Waals surface area contributed by atoms with E-state index in [1.165, 1.54) is 12.4 Å². The molecule has 0 spiro atoms. The predicted molar refractivity (Wildman–Crippen MR) is 86.3 cm³/mol. The van der Waals surface area contributed by atoms with Crippen LogP contribution in [0.2, 0.25) is 0 Å². The number of anilines is 2. The van der Waals surface area contributed by atoms with Crippen molar-refractivity contribution in [3.05, 3.63) is 48.4 Å². The lowest BCUT2D eigenvalue weighted by Crippen LogP contribution is -2.36. The van der Waals surface area contributed by atoms with Gasteiger partial charge < -0.3 is 10.6 Å². The van der Waals surface area contributed by atoms with Crippen molar-refractivity contribution in [1.82, 2.24) is 15.3 Å². The summed E-state index contributed by atoms with van der Waals surface area (Å²) >= 11 is 0. The molecule has 120 valence electrons. The molecule has 0 saturated carbocycles. The van der Waals surface area contributed by atoms with Gasteiger partial charge in [0.25, 0.3) is 5.91 Å². The van der Waals surface area contributed by atoms with Crippen molar-refractivity contribution in [2.45, 2.75) is 12.5 Å². The molecule has 1 aromatic heterocycles. The molecule has 1 amide bonds. The number of hydrogen-bond acceptors (Lipinski definition) is 6. The van der Waals surface area contributed by atoms with Crippen LogP contribution < -0.4 is 10.6 Å². The van der Waals surface area contributed by atoms with Crippen LogP contribution in [0.25, 0.3) is 0 Å². The zero-order valence-corrected chi connectivity index (χ0v) is 13.1. The van der Waals surface area contributed by atoms with Gasteiger partial charge in [-0.3, -0.25) is 4.79 Å². The molecule has 2 heterocycles. The lowest BCUT2D eigenvalue weighted by atomic mass is 10.2. The first-order valence-electron chi connectivity index (χ1n) is 7.17. The smallest absolute Gasteiger partial charge is 0.270 e. The van der Waals surface area contributed by atoms with Gasteiger partial charge in [0.15, 0.2) is 9.84 Å². The van der Waals surface area contributed by atoms with E-state index in [1.807, 2.05) is 30.3 Å². The number of sulfone groups is 1. The van der Waals surface area contributed by atoms with Crippen LogP contribution in [-0.2, 0) is 9.84 Å². The molecule has 3 rings (SSSR count). The van der Waals surface area contributed by atoms with E-state index in [4.69, 9.17) is 0 Å². The number of hydrogen-bond donors (Lipinski definition) is 2. The van der Waals surface area contributed by atoms with Crippen molar-refractivity contribution in [3.8, 4) is 0 Å². The molecule has 1 aliphatic heterocycles. The van der Waals surface area contributed by atoms with E-state index in [1.54, 1.807) is 0 Å². The van der Waals surface area contributed by atoms with Crippen LogP contribution in [0, 0.1) is 0 Å². The van der Waals surface area contributed by atoms with Gasteiger partial charge in [0, 0.05) is 17.8 Å². The number of aromatic nitrogens is 2. The first kappa shape index (κ1) is 15.4. The topological polar surface area (TPSA) is 101 Å². The first-order chi connectivity index (χ1) is 11.0. The number of benzene rings is 1. The van der Waals surface area contributed by atoms with E-state index < -0.39 is 15.7 Å². The summed E-state index contributed by atoms with van der Waals surface area (Å²) in [5.74, 6) is 0.197. The molecule has 1 saturated heterocycles. The van der Waals surface area contributed by atoms with Crippen LogP contribution in [0.3, 0.4) is 0 Å². The molecule has 0 bridgehead atoms. The van der Waals surface area contributed by atoms with Gasteiger partial charge >= 0.3 is 0 Å². The third kappa shape index (κ3) is 4.04. The van der Waals surface area contributed by atoms with E-state index in [2.05, 4.69) is 20.6 Å². The Balaban J connectivity index is 1.68. The summed E-state index contributed by atoms with van der Waals surface area (Å²) in [7, 11) is -3.03. The molecular formula is C15H16N4O3S. The molecule has 8 heteroatoms. The SMILES string of the molecule is O=C(NC1CCS(=O)(=O)C1)c1cc(Nc2ccccc2)ncn1. The van der Waals surface area contributed by atoms with Crippen molar-refractivity contribution < 1.29 is 13.2 Å². The van der Waals surface area contributed by atoms with E-state index in [0.717, 1.165) is 5.69 Å². The lowest BCUT2D eigenvalue weighted by molar-refractivity contribution is 0.0936. The Morgan fingerprint density at radius 1 is 1.17 bits per heavy atom. The highest BCUT2D eigenvalue weighted by Gasteiger charge is 2.29. The summed E-state index contributed by atoms with van der Waals surface area (Å²) in [5.41, 5.74) is 1.04. The second-order valence-electron chi connectivity index (χ2n) is 5.35. The molecule has 1 unspecified atom stereocenters. The highest BCUT2D eigenvalue weighted by atomic mass is 32.2. The van der Waals surface area contributed by atoms with Gasteiger partial charge in [0.2, 0.25) is 0 Å². The average Bonchev–Trinajstić information content (AvgIpc) is 2.87. The molecule has 1 aliphatic rings. The number of rotatable bonds is 4. The van der Waals surface area contributed by atoms with E-state index >= 15 is 0 Å². The largest absolute Gasteiger partial charge is 0.347 e. The Bertz CT molecular complexity index is 808. The van der Waals surface area contributed by atoms with Crippen LogP contribution in [0.1, 0.15) is 16.9 Å². The maximum Gasteiger partial charge on any atom is 0.270 e. The molecule has 23 heavy (non-hydrogen) atoms. The predicted octanol–water partition coefficient (Wildman–Crippen LogP) is 1.14. The average molecular weight is 332 g/mol. The molecule has 1 fully saturated rings. The van der Waals surface area contributed by atoms with Crippen LogP contribution in [0.15, 0.2) is 42.7 Å². The highest BCUT2D eigenvalue weighted by molar-refractivity contribution is 7.91. The van der Waals surface area contributed by atoms with Gasteiger partial charge in [-0.1, -0.05) is 18.2 Å². The van der Waals surface area contributed by atoms with E-state index in [9.17, 15) is 13.2 Å². The highest BCUT2D eigenvalue weighted by Crippen LogP contribution is 2.15. The number of nitrogens with zero attached hydrogens (tertiary/aromatic N) is 2. The van der Waals surface area contributed by atoms with Gasteiger partial charge in [0.05, 0.1) is 11.5 Å². The number of amides is 1. The minimum absolute atomic E-state index is 0.0149. The molecule has 0 aliphatic carbocycles. The minimum Gasteiger partial charge on any atom is -0.347 e. The fraction of sp³-hybridized carbons (Fsp3) is 0.267. The maximum atomic E-state index is 12.2. The van der Waals surface area contributed by atoms with Crippen LogP contribution in [-0.4, -0.2) is 41.8 Å². The fourth-order valence-electron chi connectivity index (χ4n) is 2.39. The zero-order chi connectivity index (χ0) is 16.3. The number of carbonyl (C=O) groups excluding carboxylic acids is 1. The standard InChI is InChI=1S/C15H16N4O3S/c20-15(19-12-6-7-23(21,22)9-12)13-8-14(17-10-16-13)18-11-4-2-1-3-5-11/h1-5,8,10,12H,6-7,9H2,(H,19,20)(H,16,17,18). The van der Waals surface area contributed by atoms with Gasteiger partial charge in [-0.2, -0.15) is 0 Å². The Morgan fingerprint density at radius 3 is 2.65 bits per heavy atom. The van der Waals surface area contributed by atoms with Crippen molar-refractivity contribution in [2.24, 2.45) is 0 Å². The number of nitrogens with one attached hydrogen (secondary N) is 2. The van der Waals surface area contributed by atoms with Crippen molar-refractivity contribution in [2.75, 3.05) is 16.8 Å². The Morgan fingerprint density at radius 2 is 1.96 bits per heavy atom. The maximum absolute atomic E-state index is 12.2. The second-order valence-corrected chi connectivity index (χ2v) is 7.58. The minimum atomic E-state index is -3.03. The molecule has 2 N–H and O–H groups in total. The fourth-order valence-corrected chi connectivity index (χ4v) is 4.06. The van der Waals surface area contributed by atoms with Crippen molar-refractivity contribution >= 4 is 27.2 Å². The van der Waals surface area contributed by atoms with Gasteiger partial charge in [0.1, 0.15) is 17.8 Å². The molecule has 7 nitrogen and oxygen atoms in total. The Labute approximate surface area is 134 Å². The molecule has 1 aromatic carbocycles. The summed E-state index contributed by atoms with van der Waals surface area (Å²) in [6, 6.07) is 10.6. The van der Waals surface area contributed by atoms with Crippen LogP contribution in [0.4, 0.5) is 11.5 Å². The summed E-state index contributed by atoms with van der Waals surface area (Å²) < 4.78 is 22.9. The van der Waals surface area contributed by atoms with Gasteiger partial charge in [-0.05, 0) is 18.6 Å². The van der Waals surface area contributed by atoms with Crippen LogP contribution in [0.5, 0.6) is 0 Å². The third-order valence-electron chi connectivity index (χ3n) is 3.51. The summed E-state index contributed by atoms with van der Waals surface area (Å²) in [6.45, 7) is 0. The third-order valence-corrected chi connectivity index (χ3v) is 5.28. The lowest BCUT2D eigenvalue weighted by Gasteiger charge is -2.11. The van der Waals surface area contributed by atoms with E-state index in [0.29, 0.717) is 12.2 Å². The molecular weight excluding hydrogens is 316 g/mol. The normalized spacial score (nSPS) is 19.2. The quantitative estimate of drug-likeness (QED) is 0.870. The number of para-hydroxylation sites is 1. The van der Waals surface area contributed by atoms with Crippen molar-refractivity contribution in [3.63, 3.8) is 0 Å².